The van der Waals surface area contributed by atoms with E-state index in [2.05, 4.69) is 5.32 Å². The van der Waals surface area contributed by atoms with E-state index in [0.29, 0.717) is 26.2 Å². The lowest BCUT2D eigenvalue weighted by Gasteiger charge is -2.35. The third kappa shape index (κ3) is 3.35. The van der Waals surface area contributed by atoms with Crippen LogP contribution in [0.1, 0.15) is 12.8 Å². The number of nitrogens with zero attached hydrogens (tertiary/aromatic N) is 2. The van der Waals surface area contributed by atoms with Gasteiger partial charge in [-0.3, -0.25) is 9.69 Å². The molecule has 1 unspecified atom stereocenters. The number of hydrogen-bond donors (Lipinski definition) is 1. The first-order valence-electron chi connectivity index (χ1n) is 6.19. The van der Waals surface area contributed by atoms with Crippen LogP contribution in [0.4, 0.5) is 8.78 Å². The highest BCUT2D eigenvalue weighted by Gasteiger charge is 2.29. The Labute approximate surface area is 99.9 Å². The fourth-order valence-corrected chi connectivity index (χ4v) is 2.46. The number of carbonyl (C=O) groups excluding carboxylic acids is 1. The zero-order valence-corrected chi connectivity index (χ0v) is 9.87. The number of hydrogen-bond acceptors (Lipinski definition) is 3. The minimum Gasteiger partial charge on any atom is -0.339 e. The summed E-state index contributed by atoms with van der Waals surface area (Å²) in [6.45, 7) is 2.99. The third-order valence-electron chi connectivity index (χ3n) is 3.44. The number of alkyl halides is 2. The fourth-order valence-electron chi connectivity index (χ4n) is 2.46. The normalized spacial score (nSPS) is 26.8. The number of nitrogens with one attached hydrogen (secondary N) is 1. The molecule has 0 aromatic carbocycles. The third-order valence-corrected chi connectivity index (χ3v) is 3.44. The molecule has 0 aromatic rings. The minimum absolute atomic E-state index is 0.0448. The smallest absolute Gasteiger partial charge is 0.251 e. The van der Waals surface area contributed by atoms with Crippen molar-refractivity contribution in [3.63, 3.8) is 0 Å². The largest absolute Gasteiger partial charge is 0.339 e. The van der Waals surface area contributed by atoms with Gasteiger partial charge < -0.3 is 10.2 Å². The Morgan fingerprint density at radius 2 is 2.00 bits per heavy atom. The summed E-state index contributed by atoms with van der Waals surface area (Å²) in [5.74, 6) is 0.138. The number of halogens is 2. The lowest BCUT2D eigenvalue weighted by atomic mass is 10.2. The lowest BCUT2D eigenvalue weighted by Crippen LogP contribution is -2.53. The average Bonchev–Trinajstić information content (AvgIpc) is 2.82. The molecular weight excluding hydrogens is 228 g/mol. The molecule has 0 aliphatic carbocycles. The van der Waals surface area contributed by atoms with Crippen LogP contribution in [-0.2, 0) is 4.79 Å². The van der Waals surface area contributed by atoms with E-state index in [0.717, 1.165) is 19.4 Å². The maximum atomic E-state index is 12.2. The van der Waals surface area contributed by atoms with Gasteiger partial charge in [0.25, 0.3) is 6.43 Å². The summed E-state index contributed by atoms with van der Waals surface area (Å²) < 4.78 is 24.4. The first-order valence-corrected chi connectivity index (χ1v) is 6.19. The first-order chi connectivity index (χ1) is 8.16. The number of piperazine rings is 1. The number of rotatable bonds is 3. The van der Waals surface area contributed by atoms with E-state index >= 15 is 0 Å². The van der Waals surface area contributed by atoms with Gasteiger partial charge >= 0.3 is 0 Å². The van der Waals surface area contributed by atoms with Crippen LogP contribution in [0.25, 0.3) is 0 Å². The molecule has 0 radical (unpaired) electrons. The van der Waals surface area contributed by atoms with Crippen molar-refractivity contribution in [2.45, 2.75) is 25.3 Å². The van der Waals surface area contributed by atoms with Gasteiger partial charge in [-0.05, 0) is 19.4 Å². The lowest BCUT2D eigenvalue weighted by molar-refractivity contribution is -0.135. The summed E-state index contributed by atoms with van der Waals surface area (Å²) in [7, 11) is 0. The molecule has 4 nitrogen and oxygen atoms in total. The van der Waals surface area contributed by atoms with E-state index in [-0.39, 0.29) is 18.5 Å². The summed E-state index contributed by atoms with van der Waals surface area (Å²) in [5.41, 5.74) is 0. The Morgan fingerprint density at radius 1 is 1.29 bits per heavy atom. The molecule has 1 atom stereocenters. The molecule has 2 fully saturated rings. The number of amides is 1. The van der Waals surface area contributed by atoms with Crippen LogP contribution in [0.5, 0.6) is 0 Å². The fraction of sp³-hybridized carbons (Fsp3) is 0.909. The number of carbonyl (C=O) groups is 1. The van der Waals surface area contributed by atoms with Crippen LogP contribution in [0.15, 0.2) is 0 Å². The molecule has 0 aromatic heterocycles. The van der Waals surface area contributed by atoms with Gasteiger partial charge in [0.1, 0.15) is 0 Å². The monoisotopic (exact) mass is 247 g/mol. The van der Waals surface area contributed by atoms with E-state index < -0.39 is 6.43 Å². The van der Waals surface area contributed by atoms with Gasteiger partial charge in [-0.2, -0.15) is 0 Å². The molecule has 6 heteroatoms. The first kappa shape index (κ1) is 12.7. The standard InChI is InChI=1S/C11H19F2N3O/c12-10(13)8-15-4-6-16(7-5-15)11(17)9-2-1-3-14-9/h9-10,14H,1-8H2. The quantitative estimate of drug-likeness (QED) is 0.771. The van der Waals surface area contributed by atoms with Gasteiger partial charge in [0.2, 0.25) is 5.91 Å². The van der Waals surface area contributed by atoms with E-state index in [1.807, 2.05) is 0 Å². The van der Waals surface area contributed by atoms with E-state index in [1.165, 1.54) is 0 Å². The van der Waals surface area contributed by atoms with Crippen molar-refractivity contribution in [3.8, 4) is 0 Å². The SMILES string of the molecule is O=C(C1CCCN1)N1CCN(CC(F)F)CC1. The van der Waals surface area contributed by atoms with E-state index in [4.69, 9.17) is 0 Å². The molecule has 17 heavy (non-hydrogen) atoms. The van der Waals surface area contributed by atoms with Crippen LogP contribution in [-0.4, -0.2) is 67.4 Å². The summed E-state index contributed by atoms with van der Waals surface area (Å²) in [5, 5.41) is 3.17. The maximum absolute atomic E-state index is 12.2. The highest BCUT2D eigenvalue weighted by molar-refractivity contribution is 5.82. The molecule has 2 rings (SSSR count). The highest BCUT2D eigenvalue weighted by Crippen LogP contribution is 2.11. The topological polar surface area (TPSA) is 35.6 Å². The Hall–Kier alpha value is -0.750. The minimum atomic E-state index is -2.28. The van der Waals surface area contributed by atoms with Gasteiger partial charge in [0.05, 0.1) is 12.6 Å². The zero-order valence-electron chi connectivity index (χ0n) is 9.87. The van der Waals surface area contributed by atoms with Crippen molar-refractivity contribution < 1.29 is 13.6 Å². The predicted molar refractivity (Wildman–Crippen MR) is 60.0 cm³/mol. The van der Waals surface area contributed by atoms with Gasteiger partial charge in [-0.25, -0.2) is 8.78 Å². The van der Waals surface area contributed by atoms with Crippen LogP contribution in [0, 0.1) is 0 Å². The molecule has 1 amide bonds. The van der Waals surface area contributed by atoms with Crippen LogP contribution >= 0.6 is 0 Å². The summed E-state index contributed by atoms with van der Waals surface area (Å²) in [6, 6.07) is -0.0448. The second kappa shape index (κ2) is 5.73. The van der Waals surface area contributed by atoms with Crippen molar-refractivity contribution in [2.24, 2.45) is 0 Å². The van der Waals surface area contributed by atoms with Gasteiger partial charge in [0, 0.05) is 26.2 Å². The summed E-state index contributed by atoms with van der Waals surface area (Å²) >= 11 is 0. The van der Waals surface area contributed by atoms with Gasteiger partial charge in [-0.15, -0.1) is 0 Å². The van der Waals surface area contributed by atoms with E-state index in [9.17, 15) is 13.6 Å². The van der Waals surface area contributed by atoms with Crippen molar-refractivity contribution >= 4 is 5.91 Å². The summed E-state index contributed by atoms with van der Waals surface area (Å²) in [4.78, 5) is 15.5. The van der Waals surface area contributed by atoms with Gasteiger partial charge in [0.15, 0.2) is 0 Å². The molecule has 1 N–H and O–H groups in total. The van der Waals surface area contributed by atoms with E-state index in [1.54, 1.807) is 9.80 Å². The molecule has 2 aliphatic heterocycles. The van der Waals surface area contributed by atoms with Crippen molar-refractivity contribution in [3.05, 3.63) is 0 Å². The maximum Gasteiger partial charge on any atom is 0.251 e. The van der Waals surface area contributed by atoms with Crippen LogP contribution < -0.4 is 5.32 Å². The Kier molecular flexibility index (Phi) is 4.28. The predicted octanol–water partition coefficient (Wildman–Crippen LogP) is 0.148. The van der Waals surface area contributed by atoms with Crippen LogP contribution in [0.3, 0.4) is 0 Å². The Morgan fingerprint density at radius 3 is 2.53 bits per heavy atom. The summed E-state index contributed by atoms with van der Waals surface area (Å²) in [6.07, 6.45) is -0.341. The highest BCUT2D eigenvalue weighted by atomic mass is 19.3. The second-order valence-electron chi connectivity index (χ2n) is 4.67. The molecule has 2 heterocycles. The molecule has 2 aliphatic rings. The molecule has 0 bridgehead atoms. The van der Waals surface area contributed by atoms with Crippen molar-refractivity contribution in [2.75, 3.05) is 39.3 Å². The Balaban J connectivity index is 1.76. The molecule has 98 valence electrons. The van der Waals surface area contributed by atoms with Crippen molar-refractivity contribution in [1.29, 1.82) is 0 Å². The molecule has 0 saturated carbocycles. The molecule has 2 saturated heterocycles. The zero-order chi connectivity index (χ0) is 12.3. The Bertz CT molecular complexity index is 261. The van der Waals surface area contributed by atoms with Gasteiger partial charge in [-0.1, -0.05) is 0 Å². The molecule has 0 spiro atoms. The average molecular weight is 247 g/mol. The molecular formula is C11H19F2N3O. The van der Waals surface area contributed by atoms with Crippen molar-refractivity contribution in [1.82, 2.24) is 15.1 Å². The second-order valence-corrected chi connectivity index (χ2v) is 4.67. The van der Waals surface area contributed by atoms with Crippen LogP contribution in [0.2, 0.25) is 0 Å².